The fraction of sp³-hybridized carbons (Fsp3) is 0.0625. The predicted molar refractivity (Wildman–Crippen MR) is 154 cm³/mol. The summed E-state index contributed by atoms with van der Waals surface area (Å²) in [5.41, 5.74) is 4.05. The predicted octanol–water partition coefficient (Wildman–Crippen LogP) is 7.48. The zero-order valence-corrected chi connectivity index (χ0v) is 21.0. The van der Waals surface area contributed by atoms with E-state index < -0.39 is 0 Å². The molecule has 1 amide bonds. The topological polar surface area (TPSA) is 37.6 Å². The van der Waals surface area contributed by atoms with E-state index in [1.807, 2.05) is 72.9 Å². The van der Waals surface area contributed by atoms with E-state index in [0.29, 0.717) is 16.6 Å². The van der Waals surface area contributed by atoms with Crippen molar-refractivity contribution in [3.8, 4) is 5.69 Å². The minimum absolute atomic E-state index is 0.0122. The van der Waals surface area contributed by atoms with Crippen LogP contribution in [0.15, 0.2) is 131 Å². The summed E-state index contributed by atoms with van der Waals surface area (Å²) in [6, 6.07) is 38.9. The molecule has 1 aliphatic heterocycles. The van der Waals surface area contributed by atoms with Gasteiger partial charge in [0.15, 0.2) is 5.17 Å². The Labute approximate surface area is 220 Å². The van der Waals surface area contributed by atoms with Crippen LogP contribution < -0.4 is 0 Å². The second kappa shape index (κ2) is 10.3. The number of hydrogen-bond donors (Lipinski definition) is 0. The molecule has 6 rings (SSSR count). The first-order chi connectivity index (χ1) is 18.2. The molecule has 0 unspecified atom stereocenters. The lowest BCUT2D eigenvalue weighted by molar-refractivity contribution is -0.122. The van der Waals surface area contributed by atoms with E-state index in [1.54, 1.807) is 4.90 Å². The van der Waals surface area contributed by atoms with E-state index in [1.165, 1.54) is 28.1 Å². The van der Waals surface area contributed by atoms with Crippen LogP contribution in [0.5, 0.6) is 0 Å². The Balaban J connectivity index is 1.33. The molecule has 1 aromatic heterocycles. The summed E-state index contributed by atoms with van der Waals surface area (Å²) in [4.78, 5) is 20.9. The molecule has 0 saturated carbocycles. The lowest BCUT2D eigenvalue weighted by Gasteiger charge is -2.15. The van der Waals surface area contributed by atoms with E-state index in [4.69, 9.17) is 4.99 Å². The van der Waals surface area contributed by atoms with Gasteiger partial charge in [-0.15, -0.1) is 0 Å². The van der Waals surface area contributed by atoms with Crippen molar-refractivity contribution in [1.29, 1.82) is 0 Å². The number of nitrogens with zero attached hydrogens (tertiary/aromatic N) is 3. The van der Waals surface area contributed by atoms with Gasteiger partial charge < -0.3 is 4.57 Å². The Bertz CT molecular complexity index is 1620. The molecule has 0 aliphatic carbocycles. The van der Waals surface area contributed by atoms with E-state index in [-0.39, 0.29) is 5.91 Å². The first kappa shape index (κ1) is 23.1. The second-order valence-electron chi connectivity index (χ2n) is 8.87. The number of amides is 1. The van der Waals surface area contributed by atoms with Gasteiger partial charge in [-0.2, -0.15) is 0 Å². The summed E-state index contributed by atoms with van der Waals surface area (Å²) in [6.07, 6.45) is 4.78. The smallest absolute Gasteiger partial charge is 0.266 e. The van der Waals surface area contributed by atoms with E-state index in [9.17, 15) is 4.79 Å². The molecule has 1 aliphatic rings. The van der Waals surface area contributed by atoms with Crippen molar-refractivity contribution in [2.75, 3.05) is 6.54 Å². The van der Waals surface area contributed by atoms with Gasteiger partial charge in [0.1, 0.15) is 0 Å². The molecule has 37 heavy (non-hydrogen) atoms. The number of rotatable bonds is 6. The fourth-order valence-corrected chi connectivity index (χ4v) is 5.50. The number of hydrogen-bond acceptors (Lipinski definition) is 3. The molecule has 2 heterocycles. The Morgan fingerprint density at radius 1 is 0.757 bits per heavy atom. The third kappa shape index (κ3) is 4.99. The van der Waals surface area contributed by atoms with Gasteiger partial charge in [0.05, 0.1) is 10.6 Å². The SMILES string of the molecule is O=C1/C(=C/c2cccn2-c2ccc3ccccc3c2)SC(=Nc2ccccc2)N1CCc1ccccc1. The maximum absolute atomic E-state index is 13.6. The Kier molecular flexibility index (Phi) is 6.44. The maximum Gasteiger partial charge on any atom is 0.266 e. The average molecular weight is 500 g/mol. The van der Waals surface area contributed by atoms with Crippen molar-refractivity contribution in [2.45, 2.75) is 6.42 Å². The maximum atomic E-state index is 13.6. The van der Waals surface area contributed by atoms with Gasteiger partial charge in [0, 0.05) is 24.1 Å². The average Bonchev–Trinajstić information content (AvgIpc) is 3.52. The third-order valence-corrected chi connectivity index (χ3v) is 7.41. The minimum Gasteiger partial charge on any atom is -0.317 e. The van der Waals surface area contributed by atoms with Crippen molar-refractivity contribution in [3.63, 3.8) is 0 Å². The zero-order chi connectivity index (χ0) is 25.0. The molecule has 1 fully saturated rings. The highest BCUT2D eigenvalue weighted by molar-refractivity contribution is 8.18. The Morgan fingerprint density at radius 3 is 2.30 bits per heavy atom. The molecule has 0 atom stereocenters. The molecule has 4 nitrogen and oxygen atoms in total. The van der Waals surface area contributed by atoms with E-state index >= 15 is 0 Å². The molecule has 1 saturated heterocycles. The van der Waals surface area contributed by atoms with Crippen LogP contribution in [0.4, 0.5) is 5.69 Å². The second-order valence-corrected chi connectivity index (χ2v) is 9.88. The number of aromatic nitrogens is 1. The Morgan fingerprint density at radius 2 is 1.49 bits per heavy atom. The molecule has 0 spiro atoms. The Hall–Kier alpha value is -4.35. The monoisotopic (exact) mass is 499 g/mol. The summed E-state index contributed by atoms with van der Waals surface area (Å²) in [6.45, 7) is 0.574. The third-order valence-electron chi connectivity index (χ3n) is 6.41. The van der Waals surface area contributed by atoms with Crippen LogP contribution in [0.1, 0.15) is 11.3 Å². The van der Waals surface area contributed by atoms with Gasteiger partial charge in [-0.05, 0) is 77.0 Å². The summed E-state index contributed by atoms with van der Waals surface area (Å²) >= 11 is 1.44. The molecular weight excluding hydrogens is 474 g/mol. The van der Waals surface area contributed by atoms with E-state index in [2.05, 4.69) is 59.2 Å². The zero-order valence-electron chi connectivity index (χ0n) is 20.2. The van der Waals surface area contributed by atoms with Gasteiger partial charge >= 0.3 is 0 Å². The number of carbonyl (C=O) groups is 1. The van der Waals surface area contributed by atoms with Crippen molar-refractivity contribution < 1.29 is 4.79 Å². The highest BCUT2D eigenvalue weighted by Gasteiger charge is 2.33. The van der Waals surface area contributed by atoms with Gasteiger partial charge in [0.2, 0.25) is 0 Å². The number of thioether (sulfide) groups is 1. The van der Waals surface area contributed by atoms with Crippen LogP contribution in [-0.4, -0.2) is 27.1 Å². The molecule has 180 valence electrons. The van der Waals surface area contributed by atoms with Crippen LogP contribution >= 0.6 is 11.8 Å². The number of aliphatic imine (C=N–C) groups is 1. The van der Waals surface area contributed by atoms with Gasteiger partial charge in [-0.25, -0.2) is 4.99 Å². The lowest BCUT2D eigenvalue weighted by Crippen LogP contribution is -2.31. The highest BCUT2D eigenvalue weighted by Crippen LogP contribution is 2.35. The summed E-state index contributed by atoms with van der Waals surface area (Å²) in [7, 11) is 0. The number of carbonyl (C=O) groups excluding carboxylic acids is 1. The van der Waals surface area contributed by atoms with Crippen LogP contribution in [0, 0.1) is 0 Å². The van der Waals surface area contributed by atoms with Gasteiger partial charge in [-0.3, -0.25) is 9.69 Å². The van der Waals surface area contributed by atoms with Crippen LogP contribution in [0.25, 0.3) is 22.5 Å². The molecule has 4 aromatic carbocycles. The largest absolute Gasteiger partial charge is 0.317 e. The molecule has 5 heteroatoms. The molecule has 0 radical (unpaired) electrons. The fourth-order valence-electron chi connectivity index (χ4n) is 4.49. The number of amidine groups is 1. The number of benzene rings is 4. The normalized spacial score (nSPS) is 15.8. The first-order valence-corrected chi connectivity index (χ1v) is 13.1. The van der Waals surface area contributed by atoms with Gasteiger partial charge in [-0.1, -0.05) is 78.9 Å². The number of para-hydroxylation sites is 1. The van der Waals surface area contributed by atoms with E-state index in [0.717, 1.165) is 23.5 Å². The van der Waals surface area contributed by atoms with Gasteiger partial charge in [0.25, 0.3) is 5.91 Å². The lowest BCUT2D eigenvalue weighted by atomic mass is 10.1. The number of fused-ring (bicyclic) bond motifs is 1. The minimum atomic E-state index is -0.0122. The summed E-state index contributed by atoms with van der Waals surface area (Å²) < 4.78 is 2.12. The van der Waals surface area contributed by atoms with Crippen molar-refractivity contribution in [2.24, 2.45) is 4.99 Å². The molecule has 0 bridgehead atoms. The molecular formula is C32H25N3OS. The quantitative estimate of drug-likeness (QED) is 0.227. The highest BCUT2D eigenvalue weighted by atomic mass is 32.2. The summed E-state index contributed by atoms with van der Waals surface area (Å²) in [5, 5.41) is 3.10. The molecule has 5 aromatic rings. The van der Waals surface area contributed by atoms with Crippen molar-refractivity contribution in [3.05, 3.63) is 138 Å². The van der Waals surface area contributed by atoms with Crippen molar-refractivity contribution >= 4 is 45.4 Å². The first-order valence-electron chi connectivity index (χ1n) is 12.3. The van der Waals surface area contributed by atoms with Crippen LogP contribution in [0.2, 0.25) is 0 Å². The summed E-state index contributed by atoms with van der Waals surface area (Å²) in [5.74, 6) is -0.0122. The van der Waals surface area contributed by atoms with Crippen LogP contribution in [0.3, 0.4) is 0 Å². The standard InChI is InChI=1S/C32H25N3OS/c36-31-30(23-28-16-9-20-34(28)29-18-17-25-12-7-8-13-26(25)22-29)37-32(33-27-14-5-2-6-15-27)35(31)21-19-24-10-3-1-4-11-24/h1-18,20,22-23H,19,21H2/b30-23-,33-32?. The van der Waals surface area contributed by atoms with Crippen molar-refractivity contribution in [1.82, 2.24) is 9.47 Å². The molecule has 0 N–H and O–H groups in total. The van der Waals surface area contributed by atoms with Crippen LogP contribution in [-0.2, 0) is 11.2 Å².